The third kappa shape index (κ3) is 3.36. The molecule has 6 atom stereocenters. The van der Waals surface area contributed by atoms with Crippen LogP contribution in [0.4, 0.5) is 0 Å². The minimum absolute atomic E-state index is 0.116. The molecule has 1 fully saturated rings. The molecule has 1 saturated heterocycles. The summed E-state index contributed by atoms with van der Waals surface area (Å²) in [5.74, 6) is -0.492. The molecule has 0 amide bonds. The monoisotopic (exact) mass is 486 g/mol. The second-order valence-corrected chi connectivity index (χ2v) is 10.3. The maximum atomic E-state index is 12.9. The predicted molar refractivity (Wildman–Crippen MR) is 125 cm³/mol. The highest BCUT2D eigenvalue weighted by atomic mass is 16.6. The van der Waals surface area contributed by atoms with Crippen molar-refractivity contribution in [1.29, 1.82) is 0 Å². The number of hydrogen-bond donors (Lipinski definition) is 3. The molecule has 2 aliphatic carbocycles. The summed E-state index contributed by atoms with van der Waals surface area (Å²) in [7, 11) is 2.02. The van der Waals surface area contributed by atoms with Crippen molar-refractivity contribution < 1.29 is 34.0 Å². The number of likely N-dealkylation sites (tertiary alicyclic amines) is 1. The lowest BCUT2D eigenvalue weighted by Gasteiger charge is -2.61. The molecule has 4 aliphatic rings. The van der Waals surface area contributed by atoms with Crippen LogP contribution in [0.15, 0.2) is 24.0 Å². The standard InChI is InChI=1S/C26H34N2O7/c1-4-5-17(27)24(31)33-14(2)23(30)34-18-8-9-26(32)19-12-15-6-7-16(13-29)21-20(15)25(26,22(18)35-21)10-11-28(19)3/h6-8,14,17,19,22,29,32H,4-5,9-13,27H2,1-3H3/t14-,17-,19+,22?,25?,26+/m0/s1. The molecule has 1 spiro atoms. The van der Waals surface area contributed by atoms with Gasteiger partial charge in [-0.1, -0.05) is 25.5 Å². The van der Waals surface area contributed by atoms with Crippen molar-refractivity contribution in [1.82, 2.24) is 4.90 Å². The van der Waals surface area contributed by atoms with Gasteiger partial charge in [-0.2, -0.15) is 0 Å². The van der Waals surface area contributed by atoms with Gasteiger partial charge in [0.15, 0.2) is 12.2 Å². The lowest BCUT2D eigenvalue weighted by Crippen LogP contribution is -2.74. The van der Waals surface area contributed by atoms with Crippen molar-refractivity contribution in [2.75, 3.05) is 13.6 Å². The smallest absolute Gasteiger partial charge is 0.352 e. The van der Waals surface area contributed by atoms with Gasteiger partial charge in [0.05, 0.1) is 17.6 Å². The van der Waals surface area contributed by atoms with E-state index in [1.165, 1.54) is 6.92 Å². The topological polar surface area (TPSA) is 132 Å². The van der Waals surface area contributed by atoms with Crippen LogP contribution in [0, 0.1) is 0 Å². The van der Waals surface area contributed by atoms with Gasteiger partial charge in [-0.3, -0.25) is 4.79 Å². The molecule has 0 saturated carbocycles. The van der Waals surface area contributed by atoms with Gasteiger partial charge in [0.25, 0.3) is 0 Å². The number of rotatable bonds is 7. The number of aliphatic hydroxyl groups excluding tert-OH is 1. The molecule has 35 heavy (non-hydrogen) atoms. The van der Waals surface area contributed by atoms with Crippen LogP contribution in [-0.4, -0.2) is 70.5 Å². The Morgan fingerprint density at radius 1 is 1.34 bits per heavy atom. The molecule has 4 N–H and O–H groups in total. The molecular weight excluding hydrogens is 452 g/mol. The van der Waals surface area contributed by atoms with E-state index in [1.807, 2.05) is 26.1 Å². The van der Waals surface area contributed by atoms with Gasteiger partial charge in [-0.15, -0.1) is 0 Å². The van der Waals surface area contributed by atoms with Crippen LogP contribution in [-0.2, 0) is 37.5 Å². The number of aliphatic hydroxyl groups is 2. The fraction of sp³-hybridized carbons (Fsp3) is 0.615. The molecular formula is C26H34N2O7. The maximum Gasteiger partial charge on any atom is 0.352 e. The van der Waals surface area contributed by atoms with Gasteiger partial charge < -0.3 is 35.1 Å². The van der Waals surface area contributed by atoms with Crippen LogP contribution >= 0.6 is 0 Å². The van der Waals surface area contributed by atoms with Gasteiger partial charge in [-0.25, -0.2) is 4.79 Å². The zero-order valence-corrected chi connectivity index (χ0v) is 20.5. The van der Waals surface area contributed by atoms with E-state index in [1.54, 1.807) is 6.08 Å². The third-order valence-electron chi connectivity index (χ3n) is 8.37. The molecule has 2 aliphatic heterocycles. The minimum Gasteiger partial charge on any atom is -0.481 e. The maximum absolute atomic E-state index is 12.9. The average Bonchev–Trinajstić information content (AvgIpc) is 3.18. The first-order valence-corrected chi connectivity index (χ1v) is 12.4. The van der Waals surface area contributed by atoms with Crippen molar-refractivity contribution in [2.45, 2.75) is 87.9 Å². The van der Waals surface area contributed by atoms with Crippen LogP contribution in [0.5, 0.6) is 5.75 Å². The SMILES string of the molecule is CCC[C@H](N)C(=O)O[C@@H](C)C(=O)OC1=CC[C@@]2(O)[C@H]3Cc4ccc(CO)c5c4C2(CCN3C)C1O5. The second-order valence-electron chi connectivity index (χ2n) is 10.3. The molecule has 9 heteroatoms. The van der Waals surface area contributed by atoms with E-state index in [-0.39, 0.29) is 12.6 Å². The van der Waals surface area contributed by atoms with Crippen LogP contribution in [0.1, 0.15) is 56.2 Å². The second kappa shape index (κ2) is 8.58. The minimum atomic E-state index is -1.14. The highest BCUT2D eigenvalue weighted by Crippen LogP contribution is 2.64. The summed E-state index contributed by atoms with van der Waals surface area (Å²) in [6.07, 6.45) is 2.62. The Morgan fingerprint density at radius 2 is 2.11 bits per heavy atom. The number of carbonyl (C=O) groups is 2. The highest BCUT2D eigenvalue weighted by Gasteiger charge is 2.71. The van der Waals surface area contributed by atoms with Crippen LogP contribution in [0.2, 0.25) is 0 Å². The van der Waals surface area contributed by atoms with Crippen LogP contribution in [0.3, 0.4) is 0 Å². The van der Waals surface area contributed by atoms with E-state index >= 15 is 0 Å². The van der Waals surface area contributed by atoms with Crippen molar-refractivity contribution in [3.63, 3.8) is 0 Å². The Kier molecular flexibility index (Phi) is 5.95. The number of carbonyl (C=O) groups excluding carboxylic acids is 2. The first-order valence-electron chi connectivity index (χ1n) is 12.4. The van der Waals surface area contributed by atoms with E-state index in [2.05, 4.69) is 4.90 Å². The molecule has 2 bridgehead atoms. The van der Waals surface area contributed by atoms with Gasteiger partial charge in [0.1, 0.15) is 17.6 Å². The Morgan fingerprint density at radius 3 is 2.83 bits per heavy atom. The summed E-state index contributed by atoms with van der Waals surface area (Å²) < 4.78 is 17.5. The number of esters is 2. The van der Waals surface area contributed by atoms with E-state index in [4.69, 9.17) is 19.9 Å². The van der Waals surface area contributed by atoms with Gasteiger partial charge >= 0.3 is 11.9 Å². The number of likely N-dealkylation sites (N-methyl/N-ethyl adjacent to an activating group) is 1. The van der Waals surface area contributed by atoms with E-state index in [0.717, 1.165) is 24.1 Å². The largest absolute Gasteiger partial charge is 0.481 e. The van der Waals surface area contributed by atoms with Crippen LogP contribution < -0.4 is 10.5 Å². The predicted octanol–water partition coefficient (Wildman–Crippen LogP) is 1.06. The summed E-state index contributed by atoms with van der Waals surface area (Å²) in [6, 6.07) is 2.96. The number of piperidine rings is 1. The first-order chi connectivity index (χ1) is 16.7. The number of nitrogens with zero attached hydrogens (tertiary/aromatic N) is 1. The molecule has 5 rings (SSSR count). The van der Waals surface area contributed by atoms with Crippen molar-refractivity contribution in [2.24, 2.45) is 5.73 Å². The molecule has 9 nitrogen and oxygen atoms in total. The Balaban J connectivity index is 1.47. The number of ether oxygens (including phenoxy) is 3. The fourth-order valence-electron chi connectivity index (χ4n) is 6.57. The number of benzene rings is 1. The fourth-order valence-corrected chi connectivity index (χ4v) is 6.57. The van der Waals surface area contributed by atoms with Gasteiger partial charge in [0, 0.05) is 23.6 Å². The van der Waals surface area contributed by atoms with E-state index in [0.29, 0.717) is 42.8 Å². The first kappa shape index (κ1) is 24.2. The van der Waals surface area contributed by atoms with E-state index in [9.17, 15) is 19.8 Å². The molecule has 2 heterocycles. The zero-order valence-electron chi connectivity index (χ0n) is 20.5. The van der Waals surface area contributed by atoms with Crippen molar-refractivity contribution >= 4 is 11.9 Å². The lowest BCUT2D eigenvalue weighted by atomic mass is 9.50. The summed E-state index contributed by atoms with van der Waals surface area (Å²) in [5.41, 5.74) is 6.55. The van der Waals surface area contributed by atoms with Crippen molar-refractivity contribution in [3.05, 3.63) is 40.7 Å². The normalized spacial score (nSPS) is 32.1. The Bertz CT molecular complexity index is 1090. The third-order valence-corrected chi connectivity index (χ3v) is 8.37. The molecule has 2 unspecified atom stereocenters. The quantitative estimate of drug-likeness (QED) is 0.484. The van der Waals surface area contributed by atoms with E-state index < -0.39 is 41.2 Å². The summed E-state index contributed by atoms with van der Waals surface area (Å²) in [5, 5.41) is 22.2. The summed E-state index contributed by atoms with van der Waals surface area (Å²) in [4.78, 5) is 27.3. The average molecular weight is 487 g/mol. The summed E-state index contributed by atoms with van der Waals surface area (Å²) >= 11 is 0. The Labute approximate surface area is 204 Å². The molecule has 1 aromatic carbocycles. The molecule has 190 valence electrons. The zero-order chi connectivity index (χ0) is 25.1. The highest BCUT2D eigenvalue weighted by molar-refractivity contribution is 5.82. The molecule has 0 aromatic heterocycles. The molecule has 1 aromatic rings. The Hall–Kier alpha value is -2.46. The lowest BCUT2D eigenvalue weighted by molar-refractivity contribution is -0.175. The van der Waals surface area contributed by atoms with Crippen LogP contribution in [0.25, 0.3) is 0 Å². The molecule has 0 radical (unpaired) electrons. The van der Waals surface area contributed by atoms with Gasteiger partial charge in [-0.05, 0) is 51.4 Å². The summed E-state index contributed by atoms with van der Waals surface area (Å²) in [6.45, 7) is 3.92. The number of hydrogen-bond acceptors (Lipinski definition) is 9. The van der Waals surface area contributed by atoms with Crippen molar-refractivity contribution in [3.8, 4) is 5.75 Å². The number of nitrogens with two attached hydrogens (primary N) is 1. The van der Waals surface area contributed by atoms with Gasteiger partial charge in [0.2, 0.25) is 0 Å².